The van der Waals surface area contributed by atoms with Gasteiger partial charge in [-0.2, -0.15) is 0 Å². The largest absolute Gasteiger partial charge is 0.371 e. The molecule has 90 valence electrons. The Kier molecular flexibility index (Phi) is 4.81. The average molecular weight is 220 g/mol. The zero-order chi connectivity index (χ0) is 12.1. The lowest BCUT2D eigenvalue weighted by atomic mass is 10.0. The number of anilines is 1. The molecule has 0 heterocycles. The molecule has 1 unspecified atom stereocenters. The summed E-state index contributed by atoms with van der Waals surface area (Å²) < 4.78 is 0. The lowest BCUT2D eigenvalue weighted by molar-refractivity contribution is 0.615. The van der Waals surface area contributed by atoms with Crippen molar-refractivity contribution in [3.05, 3.63) is 29.8 Å². The van der Waals surface area contributed by atoms with E-state index < -0.39 is 0 Å². The number of nitrogens with two attached hydrogens (primary N) is 1. The van der Waals surface area contributed by atoms with Crippen LogP contribution in [-0.2, 0) is 0 Å². The van der Waals surface area contributed by atoms with E-state index in [4.69, 9.17) is 5.73 Å². The van der Waals surface area contributed by atoms with E-state index >= 15 is 0 Å². The van der Waals surface area contributed by atoms with Crippen molar-refractivity contribution in [3.8, 4) is 0 Å². The van der Waals surface area contributed by atoms with Gasteiger partial charge < -0.3 is 10.6 Å². The van der Waals surface area contributed by atoms with Crippen molar-refractivity contribution < 1.29 is 0 Å². The third-order valence-electron chi connectivity index (χ3n) is 2.74. The minimum atomic E-state index is 0.0948. The van der Waals surface area contributed by atoms with Crippen molar-refractivity contribution in [3.63, 3.8) is 0 Å². The van der Waals surface area contributed by atoms with Gasteiger partial charge >= 0.3 is 0 Å². The van der Waals surface area contributed by atoms with Crippen LogP contribution in [0.2, 0.25) is 0 Å². The van der Waals surface area contributed by atoms with Crippen molar-refractivity contribution in [2.45, 2.75) is 33.7 Å². The quantitative estimate of drug-likeness (QED) is 0.825. The highest BCUT2D eigenvalue weighted by Gasteiger charge is 2.12. The normalized spacial score (nSPS) is 12.9. The summed E-state index contributed by atoms with van der Waals surface area (Å²) in [5.41, 5.74) is 8.54. The number of hydrogen-bond acceptors (Lipinski definition) is 2. The van der Waals surface area contributed by atoms with Crippen molar-refractivity contribution in [1.29, 1.82) is 0 Å². The standard InChI is InChI=1S/C14H24N2/c1-5-16(10-11(2)3)14-9-7-6-8-13(14)12(4)15/h6-9,11-12H,5,10,15H2,1-4H3. The topological polar surface area (TPSA) is 29.3 Å². The summed E-state index contributed by atoms with van der Waals surface area (Å²) in [7, 11) is 0. The number of benzene rings is 1. The van der Waals surface area contributed by atoms with Gasteiger partial charge in [0.05, 0.1) is 0 Å². The maximum absolute atomic E-state index is 6.01. The molecule has 1 aromatic rings. The first kappa shape index (κ1) is 13.0. The van der Waals surface area contributed by atoms with Gasteiger partial charge in [0.1, 0.15) is 0 Å². The highest BCUT2D eigenvalue weighted by molar-refractivity contribution is 5.54. The Bertz CT molecular complexity index is 318. The molecule has 0 aliphatic heterocycles. The summed E-state index contributed by atoms with van der Waals surface area (Å²) in [6.45, 7) is 10.8. The SMILES string of the molecule is CCN(CC(C)C)c1ccccc1C(C)N. The smallest absolute Gasteiger partial charge is 0.0414 e. The van der Waals surface area contributed by atoms with Crippen LogP contribution in [0.15, 0.2) is 24.3 Å². The molecule has 1 atom stereocenters. The van der Waals surface area contributed by atoms with E-state index in [9.17, 15) is 0 Å². The number of rotatable bonds is 5. The maximum Gasteiger partial charge on any atom is 0.0414 e. The molecule has 0 aromatic heterocycles. The summed E-state index contributed by atoms with van der Waals surface area (Å²) in [6.07, 6.45) is 0. The molecular formula is C14H24N2. The van der Waals surface area contributed by atoms with E-state index in [1.165, 1.54) is 11.3 Å². The Hall–Kier alpha value is -1.02. The molecule has 0 spiro atoms. The molecule has 0 aliphatic carbocycles. The molecule has 0 saturated heterocycles. The molecule has 0 radical (unpaired) electrons. The summed E-state index contributed by atoms with van der Waals surface area (Å²) in [5.74, 6) is 0.668. The van der Waals surface area contributed by atoms with Crippen LogP contribution in [-0.4, -0.2) is 13.1 Å². The van der Waals surface area contributed by atoms with Gasteiger partial charge in [0.25, 0.3) is 0 Å². The first-order valence-corrected chi connectivity index (χ1v) is 6.15. The van der Waals surface area contributed by atoms with Gasteiger partial charge in [0, 0.05) is 24.8 Å². The Labute approximate surface area is 99.5 Å². The highest BCUT2D eigenvalue weighted by Crippen LogP contribution is 2.25. The fourth-order valence-electron chi connectivity index (χ4n) is 2.00. The van der Waals surface area contributed by atoms with Gasteiger partial charge in [0.15, 0.2) is 0 Å². The van der Waals surface area contributed by atoms with Crippen LogP contribution in [0.5, 0.6) is 0 Å². The van der Waals surface area contributed by atoms with Crippen molar-refractivity contribution >= 4 is 5.69 Å². The van der Waals surface area contributed by atoms with Crippen LogP contribution in [0.1, 0.15) is 39.3 Å². The molecule has 0 amide bonds. The Morgan fingerprint density at radius 1 is 1.19 bits per heavy atom. The van der Waals surface area contributed by atoms with Crippen LogP contribution in [0.3, 0.4) is 0 Å². The first-order valence-electron chi connectivity index (χ1n) is 6.15. The summed E-state index contributed by atoms with van der Waals surface area (Å²) >= 11 is 0. The van der Waals surface area contributed by atoms with E-state index in [0.29, 0.717) is 5.92 Å². The van der Waals surface area contributed by atoms with E-state index in [1.807, 2.05) is 6.92 Å². The van der Waals surface area contributed by atoms with Gasteiger partial charge in [0.2, 0.25) is 0 Å². The lowest BCUT2D eigenvalue weighted by Gasteiger charge is -2.28. The second-order valence-corrected chi connectivity index (χ2v) is 4.78. The highest BCUT2D eigenvalue weighted by atomic mass is 15.1. The molecule has 0 fully saturated rings. The van der Waals surface area contributed by atoms with Gasteiger partial charge in [-0.1, -0.05) is 32.0 Å². The number of para-hydroxylation sites is 1. The van der Waals surface area contributed by atoms with E-state index in [2.05, 4.69) is 49.9 Å². The Morgan fingerprint density at radius 2 is 1.81 bits per heavy atom. The van der Waals surface area contributed by atoms with Crippen LogP contribution in [0, 0.1) is 5.92 Å². The predicted molar refractivity (Wildman–Crippen MR) is 71.8 cm³/mol. The lowest BCUT2D eigenvalue weighted by Crippen LogP contribution is -2.29. The molecule has 2 heteroatoms. The molecule has 1 aromatic carbocycles. The molecular weight excluding hydrogens is 196 g/mol. The summed E-state index contributed by atoms with van der Waals surface area (Å²) in [5, 5.41) is 0. The van der Waals surface area contributed by atoms with Crippen LogP contribution >= 0.6 is 0 Å². The predicted octanol–water partition coefficient (Wildman–Crippen LogP) is 3.19. The second-order valence-electron chi connectivity index (χ2n) is 4.78. The first-order chi connectivity index (χ1) is 7.56. The van der Waals surface area contributed by atoms with Gasteiger partial charge in [-0.15, -0.1) is 0 Å². The van der Waals surface area contributed by atoms with Crippen molar-refractivity contribution in [2.24, 2.45) is 11.7 Å². The van der Waals surface area contributed by atoms with Gasteiger partial charge in [-0.3, -0.25) is 0 Å². The van der Waals surface area contributed by atoms with Crippen molar-refractivity contribution in [2.75, 3.05) is 18.0 Å². The fourth-order valence-corrected chi connectivity index (χ4v) is 2.00. The molecule has 0 aliphatic rings. The molecule has 0 bridgehead atoms. The van der Waals surface area contributed by atoms with Gasteiger partial charge in [-0.25, -0.2) is 0 Å². The van der Waals surface area contributed by atoms with Crippen LogP contribution in [0.25, 0.3) is 0 Å². The second kappa shape index (κ2) is 5.90. The molecule has 1 rings (SSSR count). The Morgan fingerprint density at radius 3 is 2.31 bits per heavy atom. The minimum absolute atomic E-state index is 0.0948. The minimum Gasteiger partial charge on any atom is -0.371 e. The molecule has 2 N–H and O–H groups in total. The molecule has 0 saturated carbocycles. The van der Waals surface area contributed by atoms with E-state index in [-0.39, 0.29) is 6.04 Å². The van der Waals surface area contributed by atoms with E-state index in [0.717, 1.165) is 13.1 Å². The zero-order valence-corrected chi connectivity index (χ0v) is 10.9. The van der Waals surface area contributed by atoms with Gasteiger partial charge in [-0.05, 0) is 31.4 Å². The monoisotopic (exact) mass is 220 g/mol. The fraction of sp³-hybridized carbons (Fsp3) is 0.571. The number of nitrogens with zero attached hydrogens (tertiary/aromatic N) is 1. The van der Waals surface area contributed by atoms with Crippen LogP contribution in [0.4, 0.5) is 5.69 Å². The average Bonchev–Trinajstić information content (AvgIpc) is 2.25. The van der Waals surface area contributed by atoms with E-state index in [1.54, 1.807) is 0 Å². The van der Waals surface area contributed by atoms with Crippen molar-refractivity contribution in [1.82, 2.24) is 0 Å². The summed E-state index contributed by atoms with van der Waals surface area (Å²) in [4.78, 5) is 2.41. The zero-order valence-electron chi connectivity index (χ0n) is 10.9. The van der Waals surface area contributed by atoms with Crippen LogP contribution < -0.4 is 10.6 Å². The Balaban J connectivity index is 2.99. The third kappa shape index (κ3) is 3.24. The molecule has 16 heavy (non-hydrogen) atoms. The summed E-state index contributed by atoms with van der Waals surface area (Å²) in [6, 6.07) is 8.54. The maximum atomic E-state index is 6.01. The molecule has 2 nitrogen and oxygen atoms in total. The number of hydrogen-bond donors (Lipinski definition) is 1. The third-order valence-corrected chi connectivity index (χ3v) is 2.74.